The molecular weight excluding hydrogens is 434 g/mol. The average molecular weight is 445 g/mol. The lowest BCUT2D eigenvalue weighted by Crippen LogP contribution is -2.29. The molecule has 0 amide bonds. The number of thiophene rings is 2. The molecule has 0 fully saturated rings. The van der Waals surface area contributed by atoms with Gasteiger partial charge < -0.3 is 0 Å². The molecule has 104 valence electrons. The van der Waals surface area contributed by atoms with Crippen molar-refractivity contribution in [3.63, 3.8) is 0 Å². The number of nitrogens with zero attached hydrogens (tertiary/aromatic N) is 1. The molecule has 0 aromatic carbocycles. The van der Waals surface area contributed by atoms with Gasteiger partial charge in [0.15, 0.2) is 0 Å². The lowest BCUT2D eigenvalue weighted by atomic mass is 10.4. The van der Waals surface area contributed by atoms with Crippen molar-refractivity contribution in [1.82, 2.24) is 4.31 Å². The minimum absolute atomic E-state index is 0.366. The maximum atomic E-state index is 12.6. The van der Waals surface area contributed by atoms with E-state index in [-0.39, 0.29) is 0 Å². The zero-order valence-electron chi connectivity index (χ0n) is 9.97. The van der Waals surface area contributed by atoms with Gasteiger partial charge in [0, 0.05) is 22.4 Å². The quantitative estimate of drug-likeness (QED) is 0.678. The second-order valence-electron chi connectivity index (χ2n) is 3.69. The average Bonchev–Trinajstić information content (AvgIpc) is 2.95. The predicted octanol–water partition coefficient (Wildman–Crippen LogP) is 4.55. The second-order valence-corrected chi connectivity index (χ2v) is 10.1. The Morgan fingerprint density at radius 2 is 2.00 bits per heavy atom. The van der Waals surface area contributed by atoms with Crippen LogP contribution in [0.3, 0.4) is 0 Å². The summed E-state index contributed by atoms with van der Waals surface area (Å²) in [4.78, 5) is 1.02. The minimum atomic E-state index is -3.43. The maximum absolute atomic E-state index is 12.6. The van der Waals surface area contributed by atoms with E-state index in [4.69, 9.17) is 0 Å². The summed E-state index contributed by atoms with van der Waals surface area (Å²) in [5, 5.41) is 1.77. The van der Waals surface area contributed by atoms with Crippen LogP contribution in [0.4, 0.5) is 0 Å². The summed E-state index contributed by atoms with van der Waals surface area (Å²) in [6.45, 7) is 2.70. The van der Waals surface area contributed by atoms with Gasteiger partial charge in [-0.2, -0.15) is 4.31 Å². The van der Waals surface area contributed by atoms with Gasteiger partial charge in [0.1, 0.15) is 4.21 Å². The summed E-state index contributed by atoms with van der Waals surface area (Å²) in [7, 11) is -3.43. The largest absolute Gasteiger partial charge is 0.254 e. The Kier molecular flexibility index (Phi) is 5.24. The Bertz CT molecular complexity index is 663. The molecule has 0 saturated carbocycles. The molecule has 0 atom stereocenters. The summed E-state index contributed by atoms with van der Waals surface area (Å²) >= 11 is 9.46. The van der Waals surface area contributed by atoms with Gasteiger partial charge in [-0.05, 0) is 55.4 Å². The first-order valence-electron chi connectivity index (χ1n) is 5.42. The molecule has 19 heavy (non-hydrogen) atoms. The fraction of sp³-hybridized carbons (Fsp3) is 0.273. The molecule has 2 aromatic heterocycles. The minimum Gasteiger partial charge on any atom is -0.206 e. The van der Waals surface area contributed by atoms with E-state index in [2.05, 4.69) is 31.9 Å². The van der Waals surface area contributed by atoms with Crippen LogP contribution in [0.15, 0.2) is 36.0 Å². The van der Waals surface area contributed by atoms with Crippen LogP contribution in [0.2, 0.25) is 0 Å². The summed E-state index contributed by atoms with van der Waals surface area (Å²) in [5.41, 5.74) is 0. The van der Waals surface area contributed by atoms with Crippen LogP contribution < -0.4 is 0 Å². The van der Waals surface area contributed by atoms with Gasteiger partial charge in [-0.15, -0.1) is 22.7 Å². The molecule has 0 spiro atoms. The third kappa shape index (κ3) is 3.48. The van der Waals surface area contributed by atoms with Gasteiger partial charge >= 0.3 is 0 Å². The van der Waals surface area contributed by atoms with Crippen LogP contribution in [0, 0.1) is 0 Å². The molecule has 0 unspecified atom stereocenters. The fourth-order valence-corrected chi connectivity index (χ4v) is 7.02. The van der Waals surface area contributed by atoms with Crippen molar-refractivity contribution in [2.24, 2.45) is 0 Å². The Morgan fingerprint density at radius 1 is 1.26 bits per heavy atom. The molecule has 2 aromatic rings. The van der Waals surface area contributed by atoms with Crippen LogP contribution in [0.5, 0.6) is 0 Å². The molecule has 2 rings (SSSR count). The summed E-state index contributed by atoms with van der Waals surface area (Å²) < 4.78 is 28.6. The van der Waals surface area contributed by atoms with Gasteiger partial charge in [0.05, 0.1) is 3.79 Å². The van der Waals surface area contributed by atoms with E-state index < -0.39 is 10.0 Å². The van der Waals surface area contributed by atoms with Gasteiger partial charge in [0.25, 0.3) is 10.0 Å². The normalized spacial score (nSPS) is 12.2. The lowest BCUT2D eigenvalue weighted by Gasteiger charge is -2.19. The standard InChI is InChI=1S/C11H11Br2NO2S3/c1-2-14(7-8-3-4-10(13)18-8)19(15,16)11-9(12)5-6-17-11/h3-6H,2,7H2,1H3. The third-order valence-electron chi connectivity index (χ3n) is 2.47. The summed E-state index contributed by atoms with van der Waals surface area (Å²) in [5.74, 6) is 0. The number of halogens is 2. The number of rotatable bonds is 5. The first-order valence-corrected chi connectivity index (χ1v) is 10.1. The second kappa shape index (κ2) is 6.36. The van der Waals surface area contributed by atoms with E-state index in [1.807, 2.05) is 19.1 Å². The highest BCUT2D eigenvalue weighted by Crippen LogP contribution is 2.32. The zero-order valence-corrected chi connectivity index (χ0v) is 15.6. The molecule has 0 aliphatic carbocycles. The van der Waals surface area contributed by atoms with E-state index in [0.717, 1.165) is 8.66 Å². The fourth-order valence-electron chi connectivity index (χ4n) is 1.56. The van der Waals surface area contributed by atoms with Gasteiger partial charge in [-0.3, -0.25) is 0 Å². The number of hydrogen-bond donors (Lipinski definition) is 0. The van der Waals surface area contributed by atoms with E-state index in [9.17, 15) is 8.42 Å². The van der Waals surface area contributed by atoms with E-state index in [0.29, 0.717) is 21.8 Å². The first kappa shape index (κ1) is 15.7. The topological polar surface area (TPSA) is 37.4 Å². The van der Waals surface area contributed by atoms with Crippen LogP contribution >= 0.6 is 54.5 Å². The maximum Gasteiger partial charge on any atom is 0.254 e. The van der Waals surface area contributed by atoms with Crippen molar-refractivity contribution < 1.29 is 8.42 Å². The highest BCUT2D eigenvalue weighted by molar-refractivity contribution is 9.11. The van der Waals surface area contributed by atoms with Gasteiger partial charge in [0.2, 0.25) is 0 Å². The predicted molar refractivity (Wildman–Crippen MR) is 87.3 cm³/mol. The smallest absolute Gasteiger partial charge is 0.206 e. The molecule has 3 nitrogen and oxygen atoms in total. The van der Waals surface area contributed by atoms with E-state index in [1.54, 1.807) is 22.8 Å². The number of sulfonamides is 1. The van der Waals surface area contributed by atoms with Crippen molar-refractivity contribution >= 4 is 64.6 Å². The van der Waals surface area contributed by atoms with Crippen LogP contribution in [0.1, 0.15) is 11.8 Å². The molecule has 0 saturated heterocycles. The van der Waals surface area contributed by atoms with Crippen LogP contribution in [-0.4, -0.2) is 19.3 Å². The van der Waals surface area contributed by atoms with E-state index in [1.165, 1.54) is 15.6 Å². The molecule has 2 heterocycles. The highest BCUT2D eigenvalue weighted by atomic mass is 79.9. The molecule has 0 aliphatic heterocycles. The highest BCUT2D eigenvalue weighted by Gasteiger charge is 2.27. The summed E-state index contributed by atoms with van der Waals surface area (Å²) in [6, 6.07) is 5.63. The van der Waals surface area contributed by atoms with Gasteiger partial charge in [-0.25, -0.2) is 8.42 Å². The van der Waals surface area contributed by atoms with Crippen molar-refractivity contribution in [3.05, 3.63) is 36.7 Å². The Labute approximate surface area is 137 Å². The van der Waals surface area contributed by atoms with Crippen molar-refractivity contribution in [2.45, 2.75) is 17.7 Å². The Balaban J connectivity index is 2.29. The third-order valence-corrected chi connectivity index (χ3v) is 8.65. The van der Waals surface area contributed by atoms with E-state index >= 15 is 0 Å². The molecule has 8 heteroatoms. The van der Waals surface area contributed by atoms with Crippen LogP contribution in [-0.2, 0) is 16.6 Å². The molecule has 0 aliphatic rings. The Morgan fingerprint density at radius 3 is 2.47 bits per heavy atom. The molecule has 0 bridgehead atoms. The van der Waals surface area contributed by atoms with Crippen LogP contribution in [0.25, 0.3) is 0 Å². The van der Waals surface area contributed by atoms with Crippen molar-refractivity contribution in [3.8, 4) is 0 Å². The van der Waals surface area contributed by atoms with Gasteiger partial charge in [-0.1, -0.05) is 6.92 Å². The summed E-state index contributed by atoms with van der Waals surface area (Å²) in [6.07, 6.45) is 0. The number of hydrogen-bond acceptors (Lipinski definition) is 4. The molecular formula is C11H11Br2NO2S3. The first-order chi connectivity index (χ1) is 8.95. The molecule has 0 radical (unpaired) electrons. The monoisotopic (exact) mass is 443 g/mol. The molecule has 0 N–H and O–H groups in total. The SMILES string of the molecule is CCN(Cc1ccc(Br)s1)S(=O)(=O)c1sccc1Br. The van der Waals surface area contributed by atoms with Crippen molar-refractivity contribution in [1.29, 1.82) is 0 Å². The lowest BCUT2D eigenvalue weighted by molar-refractivity contribution is 0.427. The van der Waals surface area contributed by atoms with Crippen molar-refractivity contribution in [2.75, 3.05) is 6.54 Å². The Hall–Kier alpha value is 0.270. The zero-order chi connectivity index (χ0) is 14.0.